The van der Waals surface area contributed by atoms with Gasteiger partial charge in [-0.15, -0.1) is 0 Å². The first-order valence-corrected chi connectivity index (χ1v) is 11.3. The minimum atomic E-state index is -3.94. The number of primary sulfonamides is 1. The van der Waals surface area contributed by atoms with Gasteiger partial charge in [-0.3, -0.25) is 0 Å². The molecule has 3 aromatic carbocycles. The zero-order valence-corrected chi connectivity index (χ0v) is 18.1. The maximum absolute atomic E-state index is 12.2. The maximum atomic E-state index is 12.2. The van der Waals surface area contributed by atoms with Crippen LogP contribution in [0.1, 0.15) is 0 Å². The van der Waals surface area contributed by atoms with Gasteiger partial charge in [0.25, 0.3) is 0 Å². The van der Waals surface area contributed by atoms with E-state index in [1.807, 2.05) is 42.5 Å². The predicted molar refractivity (Wildman–Crippen MR) is 119 cm³/mol. The van der Waals surface area contributed by atoms with Crippen LogP contribution >= 0.6 is 27.5 Å². The fraction of sp³-hybridized carbons (Fsp3) is 0. The van der Waals surface area contributed by atoms with E-state index in [0.717, 1.165) is 21.3 Å². The van der Waals surface area contributed by atoms with E-state index >= 15 is 0 Å². The highest BCUT2D eigenvalue weighted by Gasteiger charge is 2.20. The molecule has 0 atom stereocenters. The molecular formula is C21H15BrClN3O2S. The molecule has 1 aromatic heterocycles. The number of halogens is 2. The Hall–Kier alpha value is -2.45. The minimum absolute atomic E-state index is 0.00185. The number of aromatic nitrogens is 2. The Morgan fingerprint density at radius 3 is 2.31 bits per heavy atom. The molecule has 0 fully saturated rings. The van der Waals surface area contributed by atoms with Crippen LogP contribution in [-0.2, 0) is 10.0 Å². The van der Waals surface area contributed by atoms with Gasteiger partial charge < -0.3 is 0 Å². The quantitative estimate of drug-likeness (QED) is 0.425. The van der Waals surface area contributed by atoms with Crippen LogP contribution in [0.4, 0.5) is 0 Å². The summed E-state index contributed by atoms with van der Waals surface area (Å²) in [5, 5.41) is 10.8. The largest absolute Gasteiger partial charge is 0.240 e. The van der Waals surface area contributed by atoms with E-state index in [0.29, 0.717) is 16.4 Å². The van der Waals surface area contributed by atoms with Crippen molar-refractivity contribution in [2.75, 3.05) is 0 Å². The highest BCUT2D eigenvalue weighted by molar-refractivity contribution is 9.10. The second kappa shape index (κ2) is 7.76. The van der Waals surface area contributed by atoms with Crippen molar-refractivity contribution in [3.8, 4) is 28.2 Å². The van der Waals surface area contributed by atoms with E-state index in [2.05, 4.69) is 15.9 Å². The van der Waals surface area contributed by atoms with Crippen LogP contribution in [0.25, 0.3) is 28.2 Å². The molecule has 29 heavy (non-hydrogen) atoms. The van der Waals surface area contributed by atoms with Gasteiger partial charge in [-0.05, 0) is 42.5 Å². The number of benzene rings is 3. The zero-order chi connectivity index (χ0) is 20.6. The first-order chi connectivity index (χ1) is 13.8. The van der Waals surface area contributed by atoms with Crippen molar-refractivity contribution in [3.05, 3.63) is 88.4 Å². The summed E-state index contributed by atoms with van der Waals surface area (Å²) < 4.78 is 26.8. The zero-order valence-electron chi connectivity index (χ0n) is 15.0. The lowest BCUT2D eigenvalue weighted by molar-refractivity contribution is 0.596. The van der Waals surface area contributed by atoms with Gasteiger partial charge in [0.05, 0.1) is 17.1 Å². The molecule has 0 unspecified atom stereocenters. The van der Waals surface area contributed by atoms with Gasteiger partial charge in [0.15, 0.2) is 0 Å². The molecule has 1 heterocycles. The first-order valence-electron chi connectivity index (χ1n) is 8.57. The lowest BCUT2D eigenvalue weighted by atomic mass is 10.1. The molecule has 0 bridgehead atoms. The fourth-order valence-electron chi connectivity index (χ4n) is 3.05. The standard InChI is InChI=1S/C21H15BrClN3O2S/c22-16-5-3-4-15(12-16)20-13-18(14-8-10-17(23)11-9-14)25-26(20)19-6-1-2-7-21(19)29(24,27)28/h1-13H,(H2,24,27,28). The summed E-state index contributed by atoms with van der Waals surface area (Å²) in [6.07, 6.45) is 0. The molecule has 5 nitrogen and oxygen atoms in total. The molecule has 2 N–H and O–H groups in total. The van der Waals surface area contributed by atoms with Crippen LogP contribution in [0.5, 0.6) is 0 Å². The molecule has 0 saturated carbocycles. The number of hydrogen-bond acceptors (Lipinski definition) is 3. The molecule has 4 aromatic rings. The van der Waals surface area contributed by atoms with Crippen LogP contribution in [0.2, 0.25) is 5.02 Å². The molecule has 0 amide bonds. The molecule has 0 aliphatic heterocycles. The third-order valence-electron chi connectivity index (χ3n) is 4.37. The molecule has 8 heteroatoms. The lowest BCUT2D eigenvalue weighted by Crippen LogP contribution is -2.16. The Labute approximate surface area is 181 Å². The van der Waals surface area contributed by atoms with E-state index in [1.54, 1.807) is 35.0 Å². The molecular weight excluding hydrogens is 474 g/mol. The molecule has 0 aliphatic rings. The third-order valence-corrected chi connectivity index (χ3v) is 6.07. The van der Waals surface area contributed by atoms with Crippen molar-refractivity contribution in [3.63, 3.8) is 0 Å². The van der Waals surface area contributed by atoms with Crippen LogP contribution in [0, 0.1) is 0 Å². The molecule has 146 valence electrons. The summed E-state index contributed by atoms with van der Waals surface area (Å²) in [5.74, 6) is 0. The fourth-order valence-corrected chi connectivity index (χ4v) is 4.29. The van der Waals surface area contributed by atoms with Gasteiger partial charge in [0.1, 0.15) is 4.90 Å². The topological polar surface area (TPSA) is 78.0 Å². The normalized spacial score (nSPS) is 11.6. The number of hydrogen-bond donors (Lipinski definition) is 1. The van der Waals surface area contributed by atoms with Crippen molar-refractivity contribution in [2.45, 2.75) is 4.90 Å². The number of nitrogens with zero attached hydrogens (tertiary/aromatic N) is 2. The van der Waals surface area contributed by atoms with Crippen LogP contribution in [-0.4, -0.2) is 18.2 Å². The molecule has 0 spiro atoms. The second-order valence-electron chi connectivity index (χ2n) is 6.36. The Morgan fingerprint density at radius 2 is 1.62 bits per heavy atom. The van der Waals surface area contributed by atoms with Gasteiger partial charge in [-0.2, -0.15) is 5.10 Å². The number of para-hydroxylation sites is 1. The van der Waals surface area contributed by atoms with E-state index in [1.165, 1.54) is 6.07 Å². The van der Waals surface area contributed by atoms with Crippen LogP contribution in [0.15, 0.2) is 88.2 Å². The van der Waals surface area contributed by atoms with E-state index < -0.39 is 10.0 Å². The summed E-state index contributed by atoms with van der Waals surface area (Å²) in [7, 11) is -3.94. The smallest absolute Gasteiger partial charge is 0.231 e. The van der Waals surface area contributed by atoms with Gasteiger partial charge in [-0.25, -0.2) is 18.2 Å². The van der Waals surface area contributed by atoms with Gasteiger partial charge in [0, 0.05) is 20.6 Å². The van der Waals surface area contributed by atoms with Crippen molar-refractivity contribution >= 4 is 37.6 Å². The maximum Gasteiger partial charge on any atom is 0.240 e. The third kappa shape index (κ3) is 4.13. The average Bonchev–Trinajstić information content (AvgIpc) is 3.13. The SMILES string of the molecule is NS(=O)(=O)c1ccccc1-n1nc(-c2ccc(Cl)cc2)cc1-c1cccc(Br)c1. The molecule has 0 saturated heterocycles. The molecule has 0 radical (unpaired) electrons. The minimum Gasteiger partial charge on any atom is -0.231 e. The summed E-state index contributed by atoms with van der Waals surface area (Å²) in [5.41, 5.74) is 3.52. The highest BCUT2D eigenvalue weighted by Crippen LogP contribution is 2.32. The van der Waals surface area contributed by atoms with E-state index in [4.69, 9.17) is 21.8 Å². The Bertz CT molecular complexity index is 1300. The van der Waals surface area contributed by atoms with E-state index in [-0.39, 0.29) is 4.90 Å². The summed E-state index contributed by atoms with van der Waals surface area (Å²) in [6.45, 7) is 0. The second-order valence-corrected chi connectivity index (χ2v) is 9.24. The number of sulfonamides is 1. The lowest BCUT2D eigenvalue weighted by Gasteiger charge is -2.11. The summed E-state index contributed by atoms with van der Waals surface area (Å²) >= 11 is 9.49. The Morgan fingerprint density at radius 1 is 0.897 bits per heavy atom. The van der Waals surface area contributed by atoms with Crippen LogP contribution < -0.4 is 5.14 Å². The summed E-state index contributed by atoms with van der Waals surface area (Å²) in [4.78, 5) is 0.00185. The van der Waals surface area contributed by atoms with Crippen molar-refractivity contribution in [1.29, 1.82) is 0 Å². The van der Waals surface area contributed by atoms with E-state index in [9.17, 15) is 8.42 Å². The van der Waals surface area contributed by atoms with Gasteiger partial charge >= 0.3 is 0 Å². The predicted octanol–water partition coefficient (Wildman–Crippen LogP) is 5.27. The highest BCUT2D eigenvalue weighted by atomic mass is 79.9. The van der Waals surface area contributed by atoms with Gasteiger partial charge in [-0.1, -0.05) is 63.9 Å². The van der Waals surface area contributed by atoms with Gasteiger partial charge in [0.2, 0.25) is 10.0 Å². The monoisotopic (exact) mass is 487 g/mol. The number of rotatable bonds is 4. The molecule has 0 aliphatic carbocycles. The summed E-state index contributed by atoms with van der Waals surface area (Å²) in [6, 6.07) is 23.4. The van der Waals surface area contributed by atoms with Crippen molar-refractivity contribution in [2.24, 2.45) is 5.14 Å². The molecule has 4 rings (SSSR count). The van der Waals surface area contributed by atoms with Crippen molar-refractivity contribution < 1.29 is 8.42 Å². The Balaban J connectivity index is 1.99. The first kappa shape index (κ1) is 19.8. The Kier molecular flexibility index (Phi) is 5.31. The average molecular weight is 489 g/mol. The van der Waals surface area contributed by atoms with Crippen molar-refractivity contribution in [1.82, 2.24) is 9.78 Å². The van der Waals surface area contributed by atoms with Crippen LogP contribution in [0.3, 0.4) is 0 Å². The number of nitrogens with two attached hydrogens (primary N) is 1.